The van der Waals surface area contributed by atoms with E-state index in [2.05, 4.69) is 27.7 Å². The molecule has 0 heterocycles. The molecular formula is C9H24ClN. The predicted octanol–water partition coefficient (Wildman–Crippen LogP) is 3.07. The molecule has 0 unspecified atom stereocenters. The molecule has 0 aliphatic carbocycles. The Kier molecular flexibility index (Phi) is 16.2. The maximum Gasteiger partial charge on any atom is -0.00179 e. The lowest BCUT2D eigenvalue weighted by Crippen LogP contribution is -2.06. The molecule has 0 aromatic carbocycles. The summed E-state index contributed by atoms with van der Waals surface area (Å²) in [6.07, 6.45) is 0. The van der Waals surface area contributed by atoms with Crippen molar-refractivity contribution in [3.05, 3.63) is 0 Å². The molecule has 0 bridgehead atoms. The van der Waals surface area contributed by atoms with Crippen molar-refractivity contribution in [2.24, 2.45) is 17.6 Å². The summed E-state index contributed by atoms with van der Waals surface area (Å²) in [4.78, 5) is 0. The second-order valence-electron chi connectivity index (χ2n) is 3.73. The summed E-state index contributed by atoms with van der Waals surface area (Å²) >= 11 is 0. The van der Waals surface area contributed by atoms with E-state index in [9.17, 15) is 0 Å². The smallest absolute Gasteiger partial charge is 0.00179 e. The van der Waals surface area contributed by atoms with Gasteiger partial charge in [-0.15, -0.1) is 12.4 Å². The van der Waals surface area contributed by atoms with Gasteiger partial charge in [0.05, 0.1) is 0 Å². The first-order chi connectivity index (χ1) is 4.37. The first-order valence-corrected chi connectivity index (χ1v) is 4.13. The summed E-state index contributed by atoms with van der Waals surface area (Å²) in [6, 6.07) is 0.333. The van der Waals surface area contributed by atoms with Gasteiger partial charge in [-0.1, -0.05) is 41.5 Å². The molecule has 0 aliphatic rings. The highest BCUT2D eigenvalue weighted by Crippen LogP contribution is 2.05. The molecule has 0 fully saturated rings. The first-order valence-electron chi connectivity index (χ1n) is 4.13. The Morgan fingerprint density at radius 3 is 0.818 bits per heavy atom. The molecule has 0 aromatic heterocycles. The zero-order chi connectivity index (χ0) is 8.73. The van der Waals surface area contributed by atoms with Crippen molar-refractivity contribution in [3.8, 4) is 0 Å². The molecule has 2 N–H and O–H groups in total. The van der Waals surface area contributed by atoms with Crippen LogP contribution in [0.25, 0.3) is 0 Å². The van der Waals surface area contributed by atoms with Crippen LogP contribution < -0.4 is 5.73 Å². The van der Waals surface area contributed by atoms with E-state index in [1.54, 1.807) is 0 Å². The van der Waals surface area contributed by atoms with Gasteiger partial charge in [0.1, 0.15) is 0 Å². The van der Waals surface area contributed by atoms with E-state index in [4.69, 9.17) is 5.73 Å². The Bertz CT molecular complexity index is 51.8. The van der Waals surface area contributed by atoms with Gasteiger partial charge in [0.25, 0.3) is 0 Å². The molecule has 0 saturated carbocycles. The number of rotatable bonds is 1. The van der Waals surface area contributed by atoms with E-state index < -0.39 is 0 Å². The normalized spacial score (nSPS) is 9.27. The van der Waals surface area contributed by atoms with Gasteiger partial charge in [-0.05, 0) is 17.9 Å². The average Bonchev–Trinajstić information content (AvgIpc) is 1.63. The molecule has 0 radical (unpaired) electrons. The fourth-order valence-corrected chi connectivity index (χ4v) is 0. The summed E-state index contributed by atoms with van der Waals surface area (Å²) in [5.41, 5.74) is 5.11. The van der Waals surface area contributed by atoms with Crippen LogP contribution in [0.3, 0.4) is 0 Å². The largest absolute Gasteiger partial charge is 0.328 e. The summed E-state index contributed by atoms with van der Waals surface area (Å²) in [5.74, 6) is 1.70. The number of nitrogens with two attached hydrogens (primary N) is 1. The van der Waals surface area contributed by atoms with Crippen molar-refractivity contribution in [2.45, 2.75) is 47.6 Å². The fourth-order valence-electron chi connectivity index (χ4n) is 0. The Morgan fingerprint density at radius 2 is 0.818 bits per heavy atom. The van der Waals surface area contributed by atoms with E-state index >= 15 is 0 Å². The van der Waals surface area contributed by atoms with Crippen molar-refractivity contribution in [1.29, 1.82) is 0 Å². The summed E-state index contributed by atoms with van der Waals surface area (Å²) in [5, 5.41) is 0. The zero-order valence-electron chi connectivity index (χ0n) is 8.72. The summed E-state index contributed by atoms with van der Waals surface area (Å²) in [7, 11) is 0. The molecule has 1 nitrogen and oxygen atoms in total. The Labute approximate surface area is 78.2 Å². The highest BCUT2D eigenvalue weighted by molar-refractivity contribution is 5.85. The molecule has 0 saturated heterocycles. The third-order valence-corrected chi connectivity index (χ3v) is 1.33. The lowest BCUT2D eigenvalue weighted by atomic mass is 10.0. The zero-order valence-corrected chi connectivity index (χ0v) is 9.53. The highest BCUT2D eigenvalue weighted by Gasteiger charge is 1.95. The van der Waals surface area contributed by atoms with Crippen molar-refractivity contribution in [2.75, 3.05) is 0 Å². The molecule has 11 heavy (non-hydrogen) atoms. The molecule has 0 spiro atoms. The Balaban J connectivity index is -0.000000114. The van der Waals surface area contributed by atoms with Crippen LogP contribution in [0.15, 0.2) is 0 Å². The van der Waals surface area contributed by atoms with E-state index in [1.165, 1.54) is 0 Å². The highest BCUT2D eigenvalue weighted by atomic mass is 35.5. The lowest BCUT2D eigenvalue weighted by molar-refractivity contribution is 0.457. The van der Waals surface area contributed by atoms with Crippen LogP contribution in [0, 0.1) is 11.8 Å². The third kappa shape index (κ3) is 38.6. The molecule has 0 rings (SSSR count). The minimum absolute atomic E-state index is 0. The van der Waals surface area contributed by atoms with E-state index in [0.29, 0.717) is 6.04 Å². The van der Waals surface area contributed by atoms with Crippen LogP contribution in [0.1, 0.15) is 41.5 Å². The molecule has 0 aromatic rings. The van der Waals surface area contributed by atoms with Crippen LogP contribution in [-0.4, -0.2) is 6.04 Å². The molecular weight excluding hydrogens is 158 g/mol. The Morgan fingerprint density at radius 1 is 0.727 bits per heavy atom. The van der Waals surface area contributed by atoms with Crippen LogP contribution in [0.2, 0.25) is 0 Å². The van der Waals surface area contributed by atoms with Gasteiger partial charge in [0.2, 0.25) is 0 Å². The third-order valence-electron chi connectivity index (χ3n) is 1.33. The molecule has 72 valence electrons. The number of hydrogen-bond donors (Lipinski definition) is 1. The number of hydrogen-bond acceptors (Lipinski definition) is 1. The maximum absolute atomic E-state index is 5.11. The van der Waals surface area contributed by atoms with Crippen molar-refractivity contribution in [3.63, 3.8) is 0 Å². The quantitative estimate of drug-likeness (QED) is 0.661. The molecule has 0 aliphatic heterocycles. The first kappa shape index (κ1) is 17.4. The van der Waals surface area contributed by atoms with Gasteiger partial charge in [0.15, 0.2) is 0 Å². The fraction of sp³-hybridized carbons (Fsp3) is 1.00. The van der Waals surface area contributed by atoms with Gasteiger partial charge in [-0.25, -0.2) is 0 Å². The average molecular weight is 182 g/mol. The lowest BCUT2D eigenvalue weighted by Gasteiger charge is -2.05. The second kappa shape index (κ2) is 10.2. The van der Waals surface area contributed by atoms with Crippen molar-refractivity contribution < 1.29 is 0 Å². The van der Waals surface area contributed by atoms with E-state index in [1.807, 2.05) is 13.8 Å². The van der Waals surface area contributed by atoms with Gasteiger partial charge in [-0.2, -0.15) is 0 Å². The van der Waals surface area contributed by atoms with E-state index in [0.717, 1.165) is 11.8 Å². The number of halogens is 1. The predicted molar refractivity (Wildman–Crippen MR) is 56.2 cm³/mol. The topological polar surface area (TPSA) is 26.0 Å². The SMILES string of the molecule is CC(C)C(C)C.CC(C)N.Cl. The van der Waals surface area contributed by atoms with Gasteiger partial charge >= 0.3 is 0 Å². The van der Waals surface area contributed by atoms with Gasteiger partial charge < -0.3 is 5.73 Å². The van der Waals surface area contributed by atoms with Crippen LogP contribution >= 0.6 is 12.4 Å². The van der Waals surface area contributed by atoms with Crippen LogP contribution in [-0.2, 0) is 0 Å². The summed E-state index contributed by atoms with van der Waals surface area (Å²) in [6.45, 7) is 12.9. The maximum atomic E-state index is 5.11. The minimum atomic E-state index is 0. The van der Waals surface area contributed by atoms with E-state index in [-0.39, 0.29) is 12.4 Å². The molecule has 0 atom stereocenters. The minimum Gasteiger partial charge on any atom is -0.328 e. The monoisotopic (exact) mass is 181 g/mol. The van der Waals surface area contributed by atoms with Crippen molar-refractivity contribution in [1.82, 2.24) is 0 Å². The van der Waals surface area contributed by atoms with Gasteiger partial charge in [-0.3, -0.25) is 0 Å². The second-order valence-corrected chi connectivity index (χ2v) is 3.73. The molecule has 0 amide bonds. The van der Waals surface area contributed by atoms with Crippen molar-refractivity contribution >= 4 is 12.4 Å². The van der Waals surface area contributed by atoms with Crippen LogP contribution in [0.4, 0.5) is 0 Å². The standard InChI is InChI=1S/C6H14.C3H9N.ClH/c1-5(2)6(3)4;1-3(2)4;/h5-6H,1-4H3;3H,4H2,1-2H3;1H. The van der Waals surface area contributed by atoms with Crippen LogP contribution in [0.5, 0.6) is 0 Å². The Hall–Kier alpha value is 0.250. The summed E-state index contributed by atoms with van der Waals surface area (Å²) < 4.78 is 0. The molecule has 2 heteroatoms. The van der Waals surface area contributed by atoms with Gasteiger partial charge in [0, 0.05) is 0 Å².